The fraction of sp³-hybridized carbons (Fsp3) is 0.889. The maximum Gasteiger partial charge on any atom is 0.306 e. The molecular formula is C18H26O3. The minimum absolute atomic E-state index is 0.0309. The van der Waals surface area contributed by atoms with Gasteiger partial charge in [0.2, 0.25) is 0 Å². The van der Waals surface area contributed by atoms with Gasteiger partial charge in [0.25, 0.3) is 0 Å². The molecule has 0 radical (unpaired) electrons. The van der Waals surface area contributed by atoms with Crippen molar-refractivity contribution in [3.8, 4) is 0 Å². The van der Waals surface area contributed by atoms with Crippen molar-refractivity contribution in [2.24, 2.45) is 23.2 Å². The molecule has 0 saturated heterocycles. The highest BCUT2D eigenvalue weighted by Gasteiger charge is 2.51. The molecule has 5 saturated carbocycles. The zero-order valence-corrected chi connectivity index (χ0v) is 12.8. The molecule has 4 bridgehead atoms. The molecule has 5 fully saturated rings. The number of carbonyl (C=O) groups excluding carboxylic acids is 2. The second kappa shape index (κ2) is 5.10. The third-order valence-corrected chi connectivity index (χ3v) is 6.42. The van der Waals surface area contributed by atoms with Gasteiger partial charge in [-0.1, -0.05) is 0 Å². The molecule has 5 rings (SSSR count). The molecule has 0 heterocycles. The average Bonchev–Trinajstić information content (AvgIpc) is 2.35. The maximum atomic E-state index is 12.4. The van der Waals surface area contributed by atoms with Crippen molar-refractivity contribution < 1.29 is 14.3 Å². The molecule has 0 amide bonds. The zero-order valence-electron chi connectivity index (χ0n) is 12.8. The van der Waals surface area contributed by atoms with E-state index in [-0.39, 0.29) is 23.3 Å². The van der Waals surface area contributed by atoms with Crippen LogP contribution in [0.2, 0.25) is 0 Å². The summed E-state index contributed by atoms with van der Waals surface area (Å²) in [5.74, 6) is 2.85. The Hall–Kier alpha value is -0.860. The molecule has 21 heavy (non-hydrogen) atoms. The number of carbonyl (C=O) groups is 2. The molecule has 116 valence electrons. The SMILES string of the molecule is O=C1CCCC(OC(=O)CC23CC4CC(CC(C4)C2)C3)C1. The summed E-state index contributed by atoms with van der Waals surface area (Å²) in [4.78, 5) is 23.8. The first-order valence-corrected chi connectivity index (χ1v) is 8.81. The van der Waals surface area contributed by atoms with Crippen molar-refractivity contribution in [1.29, 1.82) is 0 Å². The largest absolute Gasteiger partial charge is 0.462 e. The van der Waals surface area contributed by atoms with Gasteiger partial charge in [-0.05, 0) is 74.5 Å². The Labute approximate surface area is 126 Å². The monoisotopic (exact) mass is 290 g/mol. The van der Waals surface area contributed by atoms with Crippen molar-refractivity contribution in [3.05, 3.63) is 0 Å². The summed E-state index contributed by atoms with van der Waals surface area (Å²) in [7, 11) is 0. The molecule has 3 heteroatoms. The minimum atomic E-state index is -0.132. The first-order valence-electron chi connectivity index (χ1n) is 8.81. The number of hydrogen-bond acceptors (Lipinski definition) is 3. The van der Waals surface area contributed by atoms with E-state index >= 15 is 0 Å². The first kappa shape index (κ1) is 13.8. The number of ether oxygens (including phenoxy) is 1. The molecule has 0 aromatic heterocycles. The number of Topliss-reactive ketones (excluding diaryl/α,β-unsaturated/α-hetero) is 1. The minimum Gasteiger partial charge on any atom is -0.462 e. The summed E-state index contributed by atoms with van der Waals surface area (Å²) in [6.45, 7) is 0. The third-order valence-electron chi connectivity index (χ3n) is 6.42. The smallest absolute Gasteiger partial charge is 0.306 e. The van der Waals surface area contributed by atoms with Crippen molar-refractivity contribution in [2.45, 2.75) is 76.7 Å². The van der Waals surface area contributed by atoms with Gasteiger partial charge in [0.15, 0.2) is 0 Å². The van der Waals surface area contributed by atoms with E-state index in [0.29, 0.717) is 19.3 Å². The van der Waals surface area contributed by atoms with E-state index in [9.17, 15) is 9.59 Å². The molecule has 1 unspecified atom stereocenters. The van der Waals surface area contributed by atoms with Crippen LogP contribution in [0.5, 0.6) is 0 Å². The normalized spacial score (nSPS) is 44.9. The average molecular weight is 290 g/mol. The lowest BCUT2D eigenvalue weighted by Gasteiger charge is -2.56. The van der Waals surface area contributed by atoms with Crippen molar-refractivity contribution in [1.82, 2.24) is 0 Å². The van der Waals surface area contributed by atoms with Crippen LogP contribution in [-0.4, -0.2) is 17.9 Å². The van der Waals surface area contributed by atoms with Crippen LogP contribution in [0.3, 0.4) is 0 Å². The molecule has 0 aromatic rings. The van der Waals surface area contributed by atoms with E-state index in [2.05, 4.69) is 0 Å². The molecule has 3 nitrogen and oxygen atoms in total. The lowest BCUT2D eigenvalue weighted by molar-refractivity contribution is -0.159. The van der Waals surface area contributed by atoms with Gasteiger partial charge in [-0.3, -0.25) is 9.59 Å². The quantitative estimate of drug-likeness (QED) is 0.745. The highest BCUT2D eigenvalue weighted by molar-refractivity contribution is 5.80. The van der Waals surface area contributed by atoms with E-state index in [1.807, 2.05) is 0 Å². The van der Waals surface area contributed by atoms with Gasteiger partial charge < -0.3 is 4.74 Å². The Morgan fingerprint density at radius 2 is 1.71 bits per heavy atom. The van der Waals surface area contributed by atoms with E-state index < -0.39 is 0 Å². The Kier molecular flexibility index (Phi) is 3.35. The van der Waals surface area contributed by atoms with E-state index in [1.54, 1.807) is 0 Å². The Morgan fingerprint density at radius 1 is 1.10 bits per heavy atom. The molecule has 0 N–H and O–H groups in total. The lowest BCUT2D eigenvalue weighted by Crippen LogP contribution is -2.47. The van der Waals surface area contributed by atoms with Gasteiger partial charge in [-0.25, -0.2) is 0 Å². The number of ketones is 1. The van der Waals surface area contributed by atoms with E-state index in [1.165, 1.54) is 38.5 Å². The molecular weight excluding hydrogens is 264 g/mol. The van der Waals surface area contributed by atoms with Gasteiger partial charge in [0.1, 0.15) is 11.9 Å². The van der Waals surface area contributed by atoms with Gasteiger partial charge >= 0.3 is 5.97 Å². The van der Waals surface area contributed by atoms with Gasteiger partial charge in [0, 0.05) is 12.8 Å². The third kappa shape index (κ3) is 2.76. The topological polar surface area (TPSA) is 43.4 Å². The summed E-state index contributed by atoms with van der Waals surface area (Å²) in [5.41, 5.74) is 0.254. The van der Waals surface area contributed by atoms with Crippen LogP contribution in [-0.2, 0) is 14.3 Å². The molecule has 0 aromatic carbocycles. The Bertz CT molecular complexity index is 418. The summed E-state index contributed by atoms with van der Waals surface area (Å²) in [5, 5.41) is 0. The summed E-state index contributed by atoms with van der Waals surface area (Å²) in [6.07, 6.45) is 11.3. The predicted octanol–water partition coefficient (Wildman–Crippen LogP) is 3.65. The van der Waals surface area contributed by atoms with Crippen LogP contribution in [0, 0.1) is 23.2 Å². The molecule has 5 aliphatic rings. The van der Waals surface area contributed by atoms with Gasteiger partial charge in [-0.15, -0.1) is 0 Å². The van der Waals surface area contributed by atoms with E-state index in [4.69, 9.17) is 4.74 Å². The van der Waals surface area contributed by atoms with Crippen LogP contribution in [0.15, 0.2) is 0 Å². The van der Waals surface area contributed by atoms with Crippen molar-refractivity contribution in [3.63, 3.8) is 0 Å². The number of esters is 1. The Balaban J connectivity index is 1.37. The van der Waals surface area contributed by atoms with Crippen molar-refractivity contribution in [2.75, 3.05) is 0 Å². The predicted molar refractivity (Wildman–Crippen MR) is 78.6 cm³/mol. The van der Waals surface area contributed by atoms with Crippen LogP contribution >= 0.6 is 0 Å². The first-order chi connectivity index (χ1) is 10.1. The van der Waals surface area contributed by atoms with Crippen LogP contribution < -0.4 is 0 Å². The number of rotatable bonds is 3. The second-order valence-electron chi connectivity index (χ2n) is 8.34. The standard InChI is InChI=1S/C18H26O3/c19-15-2-1-3-16(7-15)21-17(20)11-18-8-12-4-13(9-18)6-14(5-12)10-18/h12-14,16H,1-11H2. The molecule has 1 atom stereocenters. The molecule has 0 aliphatic heterocycles. The summed E-state index contributed by atoms with van der Waals surface area (Å²) >= 11 is 0. The lowest BCUT2D eigenvalue weighted by atomic mass is 9.49. The summed E-state index contributed by atoms with van der Waals surface area (Å²) < 4.78 is 5.64. The van der Waals surface area contributed by atoms with Crippen LogP contribution in [0.25, 0.3) is 0 Å². The van der Waals surface area contributed by atoms with E-state index in [0.717, 1.165) is 30.6 Å². The summed E-state index contributed by atoms with van der Waals surface area (Å²) in [6, 6.07) is 0. The van der Waals surface area contributed by atoms with Crippen LogP contribution in [0.4, 0.5) is 0 Å². The van der Waals surface area contributed by atoms with Crippen LogP contribution in [0.1, 0.15) is 70.6 Å². The highest BCUT2D eigenvalue weighted by atomic mass is 16.5. The second-order valence-corrected chi connectivity index (χ2v) is 8.34. The van der Waals surface area contributed by atoms with Crippen molar-refractivity contribution >= 4 is 11.8 Å². The molecule has 0 spiro atoms. The zero-order chi connectivity index (χ0) is 14.4. The highest BCUT2D eigenvalue weighted by Crippen LogP contribution is 2.61. The Morgan fingerprint density at radius 3 is 2.29 bits per heavy atom. The van der Waals surface area contributed by atoms with Gasteiger partial charge in [0.05, 0.1) is 6.42 Å². The maximum absolute atomic E-state index is 12.4. The molecule has 5 aliphatic carbocycles. The fourth-order valence-corrected chi connectivity index (χ4v) is 6.13. The fourth-order valence-electron chi connectivity index (χ4n) is 6.13. The van der Waals surface area contributed by atoms with Gasteiger partial charge in [-0.2, -0.15) is 0 Å². The number of hydrogen-bond donors (Lipinski definition) is 0.